The van der Waals surface area contributed by atoms with Crippen LogP contribution < -0.4 is 5.32 Å². The maximum Gasteiger partial charge on any atom is 0.123 e. The molecule has 1 saturated heterocycles. The van der Waals surface area contributed by atoms with E-state index in [9.17, 15) is 4.39 Å². The molecule has 1 aliphatic heterocycles. The number of nitrogens with one attached hydrogen (secondary N) is 1. The Bertz CT molecular complexity index is 371. The highest BCUT2D eigenvalue weighted by molar-refractivity contribution is 5.19. The van der Waals surface area contributed by atoms with Crippen molar-refractivity contribution in [1.29, 1.82) is 0 Å². The summed E-state index contributed by atoms with van der Waals surface area (Å²) in [5.41, 5.74) is 1.14. The number of benzene rings is 1. The highest BCUT2D eigenvalue weighted by Gasteiger charge is 2.13. The third-order valence-electron chi connectivity index (χ3n) is 3.84. The lowest BCUT2D eigenvalue weighted by Gasteiger charge is -2.32. The molecule has 0 aliphatic carbocycles. The summed E-state index contributed by atoms with van der Waals surface area (Å²) in [7, 11) is 2.17. The molecule has 4 heteroatoms. The SMILES string of the molecule is C[C@@H](NCCN1CCN(C)CC1)c1ccc(F)cc1. The summed E-state index contributed by atoms with van der Waals surface area (Å²) in [6.45, 7) is 8.81. The fourth-order valence-corrected chi connectivity index (χ4v) is 2.38. The van der Waals surface area contributed by atoms with Crippen LogP contribution in [0.2, 0.25) is 0 Å². The van der Waals surface area contributed by atoms with E-state index in [2.05, 4.69) is 29.1 Å². The van der Waals surface area contributed by atoms with E-state index in [-0.39, 0.29) is 11.9 Å². The molecule has 0 bridgehead atoms. The average Bonchev–Trinajstić information content (AvgIpc) is 2.41. The fourth-order valence-electron chi connectivity index (χ4n) is 2.38. The molecule has 0 aromatic heterocycles. The summed E-state index contributed by atoms with van der Waals surface area (Å²) >= 11 is 0. The number of hydrogen-bond donors (Lipinski definition) is 1. The standard InChI is InChI=1S/C15H24FN3/c1-13(14-3-5-15(16)6-4-14)17-7-8-19-11-9-18(2)10-12-19/h3-6,13,17H,7-12H2,1-2H3/t13-/m1/s1. The molecule has 2 rings (SSSR count). The van der Waals surface area contributed by atoms with E-state index in [1.165, 1.54) is 12.1 Å². The van der Waals surface area contributed by atoms with Crippen LogP contribution >= 0.6 is 0 Å². The maximum absolute atomic E-state index is 12.8. The Morgan fingerprint density at radius 1 is 1.16 bits per heavy atom. The van der Waals surface area contributed by atoms with Gasteiger partial charge in [0.1, 0.15) is 5.82 Å². The van der Waals surface area contributed by atoms with Crippen molar-refractivity contribution in [1.82, 2.24) is 15.1 Å². The van der Waals surface area contributed by atoms with E-state index >= 15 is 0 Å². The lowest BCUT2D eigenvalue weighted by Crippen LogP contribution is -2.46. The second-order valence-corrected chi connectivity index (χ2v) is 5.37. The molecule has 1 fully saturated rings. The Labute approximate surface area is 115 Å². The van der Waals surface area contributed by atoms with Gasteiger partial charge < -0.3 is 10.2 Å². The molecule has 0 radical (unpaired) electrons. The van der Waals surface area contributed by atoms with E-state index in [4.69, 9.17) is 0 Å². The van der Waals surface area contributed by atoms with Crippen LogP contribution in [0.3, 0.4) is 0 Å². The van der Waals surface area contributed by atoms with Crippen molar-refractivity contribution >= 4 is 0 Å². The predicted molar refractivity (Wildman–Crippen MR) is 76.8 cm³/mol. The van der Waals surface area contributed by atoms with Gasteiger partial charge in [-0.25, -0.2) is 4.39 Å². The molecule has 0 spiro atoms. The minimum Gasteiger partial charge on any atom is -0.309 e. The van der Waals surface area contributed by atoms with Crippen LogP contribution in [0.25, 0.3) is 0 Å². The molecule has 1 heterocycles. The van der Waals surface area contributed by atoms with Crippen molar-refractivity contribution < 1.29 is 4.39 Å². The van der Waals surface area contributed by atoms with Gasteiger partial charge in [-0.3, -0.25) is 4.90 Å². The minimum atomic E-state index is -0.173. The zero-order valence-corrected chi connectivity index (χ0v) is 11.9. The molecule has 1 aliphatic rings. The lowest BCUT2D eigenvalue weighted by atomic mass is 10.1. The van der Waals surface area contributed by atoms with Crippen molar-refractivity contribution in [2.75, 3.05) is 46.3 Å². The zero-order valence-electron chi connectivity index (χ0n) is 11.9. The van der Waals surface area contributed by atoms with Crippen LogP contribution in [0.5, 0.6) is 0 Å². The second-order valence-electron chi connectivity index (χ2n) is 5.37. The molecule has 19 heavy (non-hydrogen) atoms. The molecule has 0 amide bonds. The molecule has 1 N–H and O–H groups in total. The van der Waals surface area contributed by atoms with E-state index in [0.717, 1.165) is 44.8 Å². The van der Waals surface area contributed by atoms with Crippen LogP contribution in [-0.4, -0.2) is 56.1 Å². The summed E-state index contributed by atoms with van der Waals surface area (Å²) in [5.74, 6) is -0.173. The van der Waals surface area contributed by atoms with Gasteiger partial charge in [0.15, 0.2) is 0 Å². The van der Waals surface area contributed by atoms with Crippen LogP contribution in [0.15, 0.2) is 24.3 Å². The summed E-state index contributed by atoms with van der Waals surface area (Å²) < 4.78 is 12.8. The number of piperazine rings is 1. The first-order valence-corrected chi connectivity index (χ1v) is 7.05. The van der Waals surface area contributed by atoms with Crippen molar-refractivity contribution in [2.45, 2.75) is 13.0 Å². The van der Waals surface area contributed by atoms with Crippen molar-refractivity contribution in [3.8, 4) is 0 Å². The molecular weight excluding hydrogens is 241 g/mol. The number of halogens is 1. The monoisotopic (exact) mass is 265 g/mol. The minimum absolute atomic E-state index is 0.173. The number of hydrogen-bond acceptors (Lipinski definition) is 3. The summed E-state index contributed by atoms with van der Waals surface area (Å²) in [5, 5.41) is 3.50. The third-order valence-corrected chi connectivity index (χ3v) is 3.84. The van der Waals surface area contributed by atoms with Gasteiger partial charge in [-0.2, -0.15) is 0 Å². The quantitative estimate of drug-likeness (QED) is 0.874. The number of nitrogens with zero attached hydrogens (tertiary/aromatic N) is 2. The van der Waals surface area contributed by atoms with Gasteiger partial charge in [-0.1, -0.05) is 12.1 Å². The van der Waals surface area contributed by atoms with Crippen molar-refractivity contribution in [3.05, 3.63) is 35.6 Å². The van der Waals surface area contributed by atoms with E-state index in [1.54, 1.807) is 0 Å². The van der Waals surface area contributed by atoms with Gasteiger partial charge >= 0.3 is 0 Å². The van der Waals surface area contributed by atoms with Crippen molar-refractivity contribution in [3.63, 3.8) is 0 Å². The van der Waals surface area contributed by atoms with Crippen LogP contribution in [0.4, 0.5) is 4.39 Å². The molecule has 0 unspecified atom stereocenters. The van der Waals surface area contributed by atoms with Gasteiger partial charge in [0.2, 0.25) is 0 Å². The second kappa shape index (κ2) is 6.98. The molecular formula is C15H24FN3. The Morgan fingerprint density at radius 3 is 2.42 bits per heavy atom. The Balaban J connectivity index is 1.69. The maximum atomic E-state index is 12.8. The van der Waals surface area contributed by atoms with Gasteiger partial charge in [0.05, 0.1) is 0 Å². The smallest absolute Gasteiger partial charge is 0.123 e. The van der Waals surface area contributed by atoms with Crippen LogP contribution in [-0.2, 0) is 0 Å². The Hall–Kier alpha value is -0.970. The van der Waals surface area contributed by atoms with Crippen LogP contribution in [0, 0.1) is 5.82 Å². The van der Waals surface area contributed by atoms with E-state index < -0.39 is 0 Å². The highest BCUT2D eigenvalue weighted by Crippen LogP contribution is 2.12. The van der Waals surface area contributed by atoms with Gasteiger partial charge in [0.25, 0.3) is 0 Å². The predicted octanol–water partition coefficient (Wildman–Crippen LogP) is 1.72. The number of likely N-dealkylation sites (N-methyl/N-ethyl adjacent to an activating group) is 1. The molecule has 1 aromatic rings. The first-order chi connectivity index (χ1) is 9.15. The summed E-state index contributed by atoms with van der Waals surface area (Å²) in [6.07, 6.45) is 0. The fraction of sp³-hybridized carbons (Fsp3) is 0.600. The van der Waals surface area contributed by atoms with E-state index in [1.807, 2.05) is 12.1 Å². The molecule has 3 nitrogen and oxygen atoms in total. The summed E-state index contributed by atoms with van der Waals surface area (Å²) in [4.78, 5) is 4.86. The topological polar surface area (TPSA) is 18.5 Å². The zero-order chi connectivity index (χ0) is 13.7. The van der Waals surface area contributed by atoms with Crippen molar-refractivity contribution in [2.24, 2.45) is 0 Å². The Morgan fingerprint density at radius 2 is 1.79 bits per heavy atom. The molecule has 106 valence electrons. The van der Waals surface area contributed by atoms with Gasteiger partial charge in [-0.15, -0.1) is 0 Å². The van der Waals surface area contributed by atoms with Gasteiger partial charge in [0, 0.05) is 45.3 Å². The summed E-state index contributed by atoms with van der Waals surface area (Å²) in [6, 6.07) is 7.02. The molecule has 0 saturated carbocycles. The normalized spacial score (nSPS) is 19.5. The average molecular weight is 265 g/mol. The first kappa shape index (κ1) is 14.4. The molecule has 1 atom stereocenters. The van der Waals surface area contributed by atoms with Gasteiger partial charge in [-0.05, 0) is 31.7 Å². The largest absolute Gasteiger partial charge is 0.309 e. The lowest BCUT2D eigenvalue weighted by molar-refractivity contribution is 0.154. The number of rotatable bonds is 5. The first-order valence-electron chi connectivity index (χ1n) is 7.05. The molecule has 1 aromatic carbocycles. The highest BCUT2D eigenvalue weighted by atomic mass is 19.1. The third kappa shape index (κ3) is 4.56. The van der Waals surface area contributed by atoms with Crippen LogP contribution in [0.1, 0.15) is 18.5 Å². The Kier molecular flexibility index (Phi) is 5.31. The van der Waals surface area contributed by atoms with E-state index in [0.29, 0.717) is 0 Å².